The maximum atomic E-state index is 13.0. The molecule has 0 saturated heterocycles. The highest BCUT2D eigenvalue weighted by atomic mass is 19.4. The minimum absolute atomic E-state index is 0.0210. The first-order valence-electron chi connectivity index (χ1n) is 7.92. The van der Waals surface area contributed by atoms with Gasteiger partial charge in [-0.2, -0.15) is 18.4 Å². The number of hydrogen-bond acceptors (Lipinski definition) is 3. The highest BCUT2D eigenvalue weighted by Crippen LogP contribution is 2.33. The number of nitriles is 1. The van der Waals surface area contributed by atoms with Crippen LogP contribution < -0.4 is 5.32 Å². The van der Waals surface area contributed by atoms with E-state index in [1.54, 1.807) is 0 Å². The number of aliphatic hydroxyl groups is 1. The number of nitrogens with zero attached hydrogens (tertiary/aromatic N) is 1. The smallest absolute Gasteiger partial charge is 0.380 e. The van der Waals surface area contributed by atoms with E-state index in [-0.39, 0.29) is 18.5 Å². The summed E-state index contributed by atoms with van der Waals surface area (Å²) in [6.07, 6.45) is -4.51. The fraction of sp³-hybridized carbons (Fsp3) is 0.263. The number of anilines is 1. The molecule has 0 bridgehead atoms. The lowest BCUT2D eigenvalue weighted by molar-refractivity contribution is -0.138. The molecule has 0 radical (unpaired) electrons. The first-order valence-corrected chi connectivity index (χ1v) is 7.92. The van der Waals surface area contributed by atoms with E-state index in [1.165, 1.54) is 37.3 Å². The third kappa shape index (κ3) is 5.28. The summed E-state index contributed by atoms with van der Waals surface area (Å²) in [5.74, 6) is -1.30. The van der Waals surface area contributed by atoms with Gasteiger partial charge in [0.05, 0.1) is 17.2 Å². The van der Waals surface area contributed by atoms with Gasteiger partial charge in [0.2, 0.25) is 0 Å². The van der Waals surface area contributed by atoms with Crippen LogP contribution in [0.15, 0.2) is 42.5 Å². The Morgan fingerprint density at radius 3 is 2.37 bits per heavy atom. The van der Waals surface area contributed by atoms with Gasteiger partial charge in [-0.3, -0.25) is 4.79 Å². The SMILES string of the molecule is CC(O)(CCc1ccc(F)cc1)C(=O)Nc1ccc(C#N)c(C(F)(F)F)c1. The van der Waals surface area contributed by atoms with Crippen molar-refractivity contribution in [1.29, 1.82) is 5.26 Å². The summed E-state index contributed by atoms with van der Waals surface area (Å²) in [7, 11) is 0. The van der Waals surface area contributed by atoms with Gasteiger partial charge < -0.3 is 10.4 Å². The molecule has 1 amide bonds. The molecule has 1 unspecified atom stereocenters. The van der Waals surface area contributed by atoms with Crippen molar-refractivity contribution in [2.75, 3.05) is 5.32 Å². The molecule has 0 aromatic heterocycles. The molecule has 0 spiro atoms. The second kappa shape index (κ2) is 7.76. The van der Waals surface area contributed by atoms with Crippen molar-refractivity contribution >= 4 is 11.6 Å². The van der Waals surface area contributed by atoms with E-state index >= 15 is 0 Å². The fourth-order valence-electron chi connectivity index (χ4n) is 2.37. The van der Waals surface area contributed by atoms with Gasteiger partial charge in [0.25, 0.3) is 5.91 Å². The highest BCUT2D eigenvalue weighted by molar-refractivity contribution is 5.97. The van der Waals surface area contributed by atoms with Gasteiger partial charge in [-0.15, -0.1) is 0 Å². The van der Waals surface area contributed by atoms with Gasteiger partial charge in [0.1, 0.15) is 11.4 Å². The molecule has 8 heteroatoms. The summed E-state index contributed by atoms with van der Waals surface area (Å²) in [5.41, 5.74) is -3.09. The Kier molecular flexibility index (Phi) is 5.86. The van der Waals surface area contributed by atoms with Gasteiger partial charge in [0.15, 0.2) is 0 Å². The average molecular weight is 380 g/mol. The minimum atomic E-state index is -4.75. The monoisotopic (exact) mass is 380 g/mol. The topological polar surface area (TPSA) is 73.1 Å². The lowest BCUT2D eigenvalue weighted by atomic mass is 9.95. The molecule has 0 aliphatic heterocycles. The standard InChI is InChI=1S/C19H16F4N2O2/c1-18(27,9-8-12-2-5-14(20)6-3-12)17(26)25-15-7-4-13(11-24)16(10-15)19(21,22)23/h2-7,10,27H,8-9H2,1H3,(H,25,26). The lowest BCUT2D eigenvalue weighted by Gasteiger charge is -2.22. The number of benzene rings is 2. The molecule has 1 atom stereocenters. The van der Waals surface area contributed by atoms with Crippen molar-refractivity contribution in [3.63, 3.8) is 0 Å². The maximum absolute atomic E-state index is 13.0. The van der Waals surface area contributed by atoms with Crippen molar-refractivity contribution in [1.82, 2.24) is 0 Å². The number of alkyl halides is 3. The summed E-state index contributed by atoms with van der Waals surface area (Å²) in [6, 6.07) is 9.72. The van der Waals surface area contributed by atoms with Crippen molar-refractivity contribution in [3.8, 4) is 6.07 Å². The summed E-state index contributed by atoms with van der Waals surface area (Å²) in [5, 5.41) is 21.3. The van der Waals surface area contributed by atoms with Crippen molar-refractivity contribution in [2.45, 2.75) is 31.5 Å². The first-order chi connectivity index (χ1) is 12.5. The summed E-state index contributed by atoms with van der Waals surface area (Å²) < 4.78 is 51.8. The zero-order chi connectivity index (χ0) is 20.2. The third-order valence-electron chi connectivity index (χ3n) is 4.01. The van der Waals surface area contributed by atoms with E-state index in [4.69, 9.17) is 5.26 Å². The number of halogens is 4. The van der Waals surface area contributed by atoms with Crippen LogP contribution in [0.4, 0.5) is 23.2 Å². The number of amides is 1. The molecule has 2 aromatic carbocycles. The Bertz CT molecular complexity index is 869. The van der Waals surface area contributed by atoms with Crippen LogP contribution in [-0.4, -0.2) is 16.6 Å². The van der Waals surface area contributed by atoms with Gasteiger partial charge in [-0.1, -0.05) is 12.1 Å². The van der Waals surface area contributed by atoms with Crippen LogP contribution in [0, 0.1) is 17.1 Å². The molecule has 0 fully saturated rings. The number of nitrogens with one attached hydrogen (secondary N) is 1. The quantitative estimate of drug-likeness (QED) is 0.769. The molecular weight excluding hydrogens is 364 g/mol. The van der Waals surface area contributed by atoms with E-state index in [0.29, 0.717) is 11.6 Å². The predicted octanol–water partition coefficient (Wildman–Crippen LogP) is 4.04. The fourth-order valence-corrected chi connectivity index (χ4v) is 2.37. The van der Waals surface area contributed by atoms with Crippen LogP contribution in [0.1, 0.15) is 30.0 Å². The second-order valence-corrected chi connectivity index (χ2v) is 6.22. The molecule has 4 nitrogen and oxygen atoms in total. The Hall–Kier alpha value is -2.92. The molecule has 142 valence electrons. The van der Waals surface area contributed by atoms with E-state index in [1.807, 2.05) is 0 Å². The van der Waals surface area contributed by atoms with E-state index in [0.717, 1.165) is 12.1 Å². The molecule has 27 heavy (non-hydrogen) atoms. The zero-order valence-corrected chi connectivity index (χ0v) is 14.3. The van der Waals surface area contributed by atoms with Crippen molar-refractivity contribution < 1.29 is 27.5 Å². The summed E-state index contributed by atoms with van der Waals surface area (Å²) >= 11 is 0. The van der Waals surface area contributed by atoms with Gasteiger partial charge in [-0.25, -0.2) is 4.39 Å². The second-order valence-electron chi connectivity index (χ2n) is 6.22. The Morgan fingerprint density at radius 1 is 1.19 bits per heavy atom. The van der Waals surface area contributed by atoms with Crippen LogP contribution in [0.2, 0.25) is 0 Å². The van der Waals surface area contributed by atoms with E-state index < -0.39 is 34.6 Å². The molecule has 0 aliphatic carbocycles. The average Bonchev–Trinajstić information content (AvgIpc) is 2.60. The van der Waals surface area contributed by atoms with Gasteiger partial charge in [-0.05, 0) is 55.7 Å². The molecule has 2 N–H and O–H groups in total. The number of hydrogen-bond donors (Lipinski definition) is 2. The van der Waals surface area contributed by atoms with E-state index in [2.05, 4.69) is 5.32 Å². The van der Waals surface area contributed by atoms with Gasteiger partial charge >= 0.3 is 6.18 Å². The third-order valence-corrected chi connectivity index (χ3v) is 4.01. The minimum Gasteiger partial charge on any atom is -0.380 e. The largest absolute Gasteiger partial charge is 0.417 e. The van der Waals surface area contributed by atoms with Crippen LogP contribution in [0.25, 0.3) is 0 Å². The molecule has 0 saturated carbocycles. The zero-order valence-electron chi connectivity index (χ0n) is 14.3. The first kappa shape index (κ1) is 20.4. The Labute approximate surface area is 153 Å². The summed E-state index contributed by atoms with van der Waals surface area (Å²) in [4.78, 5) is 12.3. The maximum Gasteiger partial charge on any atom is 0.417 e. The molecule has 0 aliphatic rings. The van der Waals surface area contributed by atoms with Crippen LogP contribution in [-0.2, 0) is 17.4 Å². The molecule has 2 aromatic rings. The Balaban J connectivity index is 2.11. The highest BCUT2D eigenvalue weighted by Gasteiger charge is 2.35. The summed E-state index contributed by atoms with van der Waals surface area (Å²) in [6.45, 7) is 1.24. The number of carbonyl (C=O) groups excluding carboxylic acids is 1. The molecule has 2 rings (SSSR count). The number of carbonyl (C=O) groups is 1. The van der Waals surface area contributed by atoms with Crippen LogP contribution in [0.3, 0.4) is 0 Å². The van der Waals surface area contributed by atoms with Crippen LogP contribution in [0.5, 0.6) is 0 Å². The van der Waals surface area contributed by atoms with Gasteiger partial charge in [0, 0.05) is 5.69 Å². The normalized spacial score (nSPS) is 13.5. The molecule has 0 heterocycles. The van der Waals surface area contributed by atoms with E-state index in [9.17, 15) is 27.5 Å². The number of aryl methyl sites for hydroxylation is 1. The van der Waals surface area contributed by atoms with Crippen molar-refractivity contribution in [2.24, 2.45) is 0 Å². The van der Waals surface area contributed by atoms with Crippen LogP contribution >= 0.6 is 0 Å². The predicted molar refractivity (Wildman–Crippen MR) is 90.1 cm³/mol. The van der Waals surface area contributed by atoms with Crippen molar-refractivity contribution in [3.05, 3.63) is 65.0 Å². The lowest BCUT2D eigenvalue weighted by Crippen LogP contribution is -2.40. The molecular formula is C19H16F4N2O2. The Morgan fingerprint density at radius 2 is 1.81 bits per heavy atom. The number of rotatable bonds is 5.